The standard InChI is InChI=1S/C25H25F4N5O4/c26-19-9-15(1-4-22(19)38-14-25(27,28)29)13-37-24(36)33-7-5-17-11-34(12-18(17)6-8-33)23(35)16-2-3-20-21(10-16)31-32-30-20/h1-4,9-10,17-18H,5-8,11-14H2,(H,30,31,32)/t17-,18+. The van der Waals surface area contributed by atoms with Crippen LogP contribution in [-0.4, -0.2) is 76.2 Å². The number of fused-ring (bicyclic) bond motifs is 2. The minimum atomic E-state index is -4.58. The quantitative estimate of drug-likeness (QED) is 0.493. The van der Waals surface area contributed by atoms with Crippen LogP contribution in [0.3, 0.4) is 0 Å². The number of aromatic nitrogens is 3. The Labute approximate surface area is 214 Å². The van der Waals surface area contributed by atoms with E-state index in [1.807, 2.05) is 4.90 Å². The molecule has 3 aromatic rings. The fourth-order valence-electron chi connectivity index (χ4n) is 5.00. The van der Waals surface area contributed by atoms with Crippen LogP contribution < -0.4 is 4.74 Å². The first-order valence-electron chi connectivity index (χ1n) is 12.2. The molecule has 0 radical (unpaired) electrons. The predicted octanol–water partition coefficient (Wildman–Crippen LogP) is 4.16. The Kier molecular flexibility index (Phi) is 7.09. The van der Waals surface area contributed by atoms with Crippen molar-refractivity contribution in [2.24, 2.45) is 11.8 Å². The van der Waals surface area contributed by atoms with E-state index < -0.39 is 30.4 Å². The van der Waals surface area contributed by atoms with Crippen LogP contribution in [0.15, 0.2) is 36.4 Å². The number of hydrogen-bond donors (Lipinski definition) is 1. The molecular formula is C25H25F4N5O4. The third-order valence-corrected chi connectivity index (χ3v) is 6.98. The predicted molar refractivity (Wildman–Crippen MR) is 126 cm³/mol. The topological polar surface area (TPSA) is 101 Å². The maximum absolute atomic E-state index is 14.1. The number of halogens is 4. The Bertz CT molecular complexity index is 1310. The minimum Gasteiger partial charge on any atom is -0.481 e. The molecule has 2 aliphatic heterocycles. The molecular weight excluding hydrogens is 510 g/mol. The number of amides is 2. The summed E-state index contributed by atoms with van der Waals surface area (Å²) in [6.07, 6.45) is -3.69. The van der Waals surface area contributed by atoms with Gasteiger partial charge in [0, 0.05) is 31.7 Å². The molecule has 38 heavy (non-hydrogen) atoms. The molecule has 2 fully saturated rings. The first-order valence-corrected chi connectivity index (χ1v) is 12.2. The highest BCUT2D eigenvalue weighted by molar-refractivity contribution is 5.97. The maximum Gasteiger partial charge on any atom is 0.422 e. The van der Waals surface area contributed by atoms with Gasteiger partial charge in [-0.15, -0.1) is 5.10 Å². The van der Waals surface area contributed by atoms with Crippen LogP contribution in [-0.2, 0) is 11.3 Å². The second kappa shape index (κ2) is 10.5. The van der Waals surface area contributed by atoms with Crippen molar-refractivity contribution in [1.29, 1.82) is 0 Å². The van der Waals surface area contributed by atoms with Crippen molar-refractivity contribution in [3.63, 3.8) is 0 Å². The third-order valence-electron chi connectivity index (χ3n) is 6.98. The van der Waals surface area contributed by atoms with E-state index in [4.69, 9.17) is 4.74 Å². The number of alkyl halides is 3. The lowest BCUT2D eigenvalue weighted by Gasteiger charge is -2.22. The monoisotopic (exact) mass is 535 g/mol. The van der Waals surface area contributed by atoms with E-state index >= 15 is 0 Å². The van der Waals surface area contributed by atoms with Gasteiger partial charge in [0.15, 0.2) is 18.2 Å². The number of carbonyl (C=O) groups is 2. The Morgan fingerprint density at radius 3 is 2.45 bits per heavy atom. The molecule has 1 aromatic heterocycles. The average Bonchev–Trinajstić information content (AvgIpc) is 3.47. The molecule has 202 valence electrons. The van der Waals surface area contributed by atoms with Crippen LogP contribution >= 0.6 is 0 Å². The summed E-state index contributed by atoms with van der Waals surface area (Å²) < 4.78 is 60.6. The summed E-state index contributed by atoms with van der Waals surface area (Å²) in [5.41, 5.74) is 2.24. The lowest BCUT2D eigenvalue weighted by Crippen LogP contribution is -2.34. The summed E-state index contributed by atoms with van der Waals surface area (Å²) in [6.45, 7) is 0.310. The van der Waals surface area contributed by atoms with Crippen LogP contribution in [0.25, 0.3) is 11.0 Å². The van der Waals surface area contributed by atoms with E-state index in [2.05, 4.69) is 20.1 Å². The summed E-state index contributed by atoms with van der Waals surface area (Å²) in [6, 6.07) is 8.67. The van der Waals surface area contributed by atoms with Gasteiger partial charge in [0.1, 0.15) is 12.1 Å². The smallest absolute Gasteiger partial charge is 0.422 e. The van der Waals surface area contributed by atoms with Crippen molar-refractivity contribution in [2.45, 2.75) is 25.6 Å². The van der Waals surface area contributed by atoms with Gasteiger partial charge < -0.3 is 19.3 Å². The molecule has 2 aromatic carbocycles. The highest BCUT2D eigenvalue weighted by atomic mass is 19.4. The van der Waals surface area contributed by atoms with Crippen molar-refractivity contribution in [3.8, 4) is 5.75 Å². The van der Waals surface area contributed by atoms with Crippen LogP contribution in [0.5, 0.6) is 5.75 Å². The largest absolute Gasteiger partial charge is 0.481 e. The van der Waals surface area contributed by atoms with Crippen LogP contribution in [0.2, 0.25) is 0 Å². The average molecular weight is 535 g/mol. The number of likely N-dealkylation sites (tertiary alicyclic amines) is 2. The summed E-state index contributed by atoms with van der Waals surface area (Å²) in [7, 11) is 0. The zero-order chi connectivity index (χ0) is 26.9. The van der Waals surface area contributed by atoms with Gasteiger partial charge in [0.25, 0.3) is 5.91 Å². The molecule has 2 atom stereocenters. The first-order chi connectivity index (χ1) is 18.2. The molecule has 13 heteroatoms. The summed E-state index contributed by atoms with van der Waals surface area (Å²) in [4.78, 5) is 29.1. The molecule has 2 saturated heterocycles. The van der Waals surface area contributed by atoms with Crippen molar-refractivity contribution < 1.29 is 36.6 Å². The minimum absolute atomic E-state index is 0.0544. The Morgan fingerprint density at radius 2 is 1.76 bits per heavy atom. The van der Waals surface area contributed by atoms with Crippen LogP contribution in [0.4, 0.5) is 22.4 Å². The van der Waals surface area contributed by atoms with Gasteiger partial charge in [0.05, 0.1) is 5.52 Å². The molecule has 9 nitrogen and oxygen atoms in total. The second-order valence-electron chi connectivity index (χ2n) is 9.56. The van der Waals surface area contributed by atoms with E-state index in [1.54, 1.807) is 23.1 Å². The van der Waals surface area contributed by atoms with Gasteiger partial charge in [-0.3, -0.25) is 9.89 Å². The zero-order valence-electron chi connectivity index (χ0n) is 20.2. The third kappa shape index (κ3) is 5.81. The zero-order valence-corrected chi connectivity index (χ0v) is 20.2. The summed E-state index contributed by atoms with van der Waals surface area (Å²) >= 11 is 0. The normalized spacial score (nSPS) is 19.8. The van der Waals surface area contributed by atoms with E-state index in [1.165, 1.54) is 6.07 Å². The lowest BCUT2D eigenvalue weighted by atomic mass is 9.92. The van der Waals surface area contributed by atoms with Gasteiger partial charge in [-0.1, -0.05) is 11.3 Å². The number of nitrogens with zero attached hydrogens (tertiary/aromatic N) is 4. The fraction of sp³-hybridized carbons (Fsp3) is 0.440. The number of nitrogens with one attached hydrogen (secondary N) is 1. The highest BCUT2D eigenvalue weighted by Crippen LogP contribution is 2.33. The van der Waals surface area contributed by atoms with Gasteiger partial charge in [-0.25, -0.2) is 9.18 Å². The Hall–Kier alpha value is -3.90. The molecule has 1 N–H and O–H groups in total. The first kappa shape index (κ1) is 25.7. The molecule has 3 heterocycles. The van der Waals surface area contributed by atoms with Crippen LogP contribution in [0, 0.1) is 17.7 Å². The maximum atomic E-state index is 14.1. The number of carbonyl (C=O) groups excluding carboxylic acids is 2. The Balaban J connectivity index is 1.11. The van der Waals surface area contributed by atoms with Gasteiger partial charge in [-0.05, 0) is 60.6 Å². The summed E-state index contributed by atoms with van der Waals surface area (Å²) in [5, 5.41) is 10.5. The molecule has 2 amide bonds. The second-order valence-corrected chi connectivity index (χ2v) is 9.56. The summed E-state index contributed by atoms with van der Waals surface area (Å²) in [5.74, 6) is -1.04. The molecule has 2 aliphatic rings. The number of benzene rings is 2. The number of ether oxygens (including phenoxy) is 2. The van der Waals surface area contributed by atoms with Gasteiger partial charge in [0.2, 0.25) is 0 Å². The van der Waals surface area contributed by atoms with Crippen LogP contribution in [0.1, 0.15) is 28.8 Å². The molecule has 0 aliphatic carbocycles. The fourth-order valence-corrected chi connectivity index (χ4v) is 5.00. The van der Waals surface area contributed by atoms with Crippen molar-refractivity contribution in [2.75, 3.05) is 32.8 Å². The van der Waals surface area contributed by atoms with Crippen molar-refractivity contribution in [3.05, 3.63) is 53.3 Å². The number of hydrogen-bond acceptors (Lipinski definition) is 6. The molecule has 0 unspecified atom stereocenters. The molecule has 5 rings (SSSR count). The molecule has 0 bridgehead atoms. The SMILES string of the molecule is O=C(OCc1ccc(OCC(F)(F)F)c(F)c1)N1CC[C@@H]2CN(C(=O)c3ccc4[nH]nnc4c3)C[C@@H]2CC1. The molecule has 0 spiro atoms. The number of aromatic amines is 1. The van der Waals surface area contributed by atoms with E-state index in [0.29, 0.717) is 55.7 Å². The number of H-pyrrole nitrogens is 1. The van der Waals surface area contributed by atoms with E-state index in [0.717, 1.165) is 17.6 Å². The van der Waals surface area contributed by atoms with Crippen molar-refractivity contribution in [1.82, 2.24) is 25.2 Å². The van der Waals surface area contributed by atoms with Crippen molar-refractivity contribution >= 4 is 23.0 Å². The lowest BCUT2D eigenvalue weighted by molar-refractivity contribution is -0.153. The number of rotatable bonds is 5. The van der Waals surface area contributed by atoms with E-state index in [-0.39, 0.29) is 24.3 Å². The van der Waals surface area contributed by atoms with Gasteiger partial charge >= 0.3 is 12.3 Å². The molecule has 0 saturated carbocycles. The van der Waals surface area contributed by atoms with Gasteiger partial charge in [-0.2, -0.15) is 13.2 Å². The highest BCUT2D eigenvalue weighted by Gasteiger charge is 2.38. The van der Waals surface area contributed by atoms with E-state index in [9.17, 15) is 27.2 Å². The Morgan fingerprint density at radius 1 is 1.03 bits per heavy atom.